The lowest BCUT2D eigenvalue weighted by atomic mass is 10.2. The number of benzene rings is 2. The minimum absolute atomic E-state index is 0.231. The first-order valence-electron chi connectivity index (χ1n) is 6.17. The molecule has 20 heavy (non-hydrogen) atoms. The summed E-state index contributed by atoms with van der Waals surface area (Å²) in [6.45, 7) is 0.475. The van der Waals surface area contributed by atoms with E-state index in [2.05, 4.69) is 10.1 Å². The number of hydrogen-bond donors (Lipinski definition) is 1. The fourth-order valence-electron chi connectivity index (χ4n) is 1.80. The van der Waals surface area contributed by atoms with Crippen LogP contribution in [-0.4, -0.2) is 19.9 Å². The third-order valence-corrected chi connectivity index (χ3v) is 2.86. The second-order valence-electron chi connectivity index (χ2n) is 4.29. The van der Waals surface area contributed by atoms with E-state index in [1.807, 2.05) is 24.3 Å². The fraction of sp³-hybridized carbons (Fsp3) is 0.0667. The Kier molecular flexibility index (Phi) is 3.33. The Balaban J connectivity index is 1.65. The Morgan fingerprint density at radius 1 is 1.00 bits per heavy atom. The zero-order valence-electron chi connectivity index (χ0n) is 10.7. The molecule has 0 saturated heterocycles. The lowest BCUT2D eigenvalue weighted by Gasteiger charge is -2.07. The highest BCUT2D eigenvalue weighted by atomic mass is 16.5. The number of rotatable bonds is 4. The summed E-state index contributed by atoms with van der Waals surface area (Å²) in [6.07, 6.45) is 3.16. The average Bonchev–Trinajstić information content (AvgIpc) is 3.01. The van der Waals surface area contributed by atoms with E-state index >= 15 is 0 Å². The molecule has 0 unspecified atom stereocenters. The van der Waals surface area contributed by atoms with Crippen molar-refractivity contribution in [1.29, 1.82) is 0 Å². The van der Waals surface area contributed by atoms with Crippen molar-refractivity contribution in [3.8, 4) is 17.2 Å². The Morgan fingerprint density at radius 3 is 2.40 bits per heavy atom. The predicted octanol–water partition coefficient (Wildman–Crippen LogP) is 2.55. The van der Waals surface area contributed by atoms with Gasteiger partial charge in [-0.3, -0.25) is 0 Å². The van der Waals surface area contributed by atoms with Crippen LogP contribution in [0.2, 0.25) is 0 Å². The standard InChI is InChI=1S/C15H13N3O2/c19-14-5-7-15(8-6-14)20-9-12-1-3-13(4-2-12)18-11-16-10-17-18/h1-8,10-11,19H,9H2. The Labute approximate surface area is 116 Å². The quantitative estimate of drug-likeness (QED) is 0.789. The van der Waals surface area contributed by atoms with Crippen LogP contribution in [0.15, 0.2) is 61.2 Å². The Hall–Kier alpha value is -2.82. The van der Waals surface area contributed by atoms with Gasteiger partial charge in [-0.25, -0.2) is 9.67 Å². The molecule has 100 valence electrons. The molecule has 0 fully saturated rings. The third-order valence-electron chi connectivity index (χ3n) is 2.86. The highest BCUT2D eigenvalue weighted by Gasteiger charge is 1.99. The fourth-order valence-corrected chi connectivity index (χ4v) is 1.80. The summed E-state index contributed by atoms with van der Waals surface area (Å²) in [4.78, 5) is 3.91. The van der Waals surface area contributed by atoms with Gasteiger partial charge in [-0.15, -0.1) is 0 Å². The van der Waals surface area contributed by atoms with Gasteiger partial charge in [0.2, 0.25) is 0 Å². The molecule has 3 aromatic rings. The van der Waals surface area contributed by atoms with Crippen molar-refractivity contribution < 1.29 is 9.84 Å². The zero-order valence-corrected chi connectivity index (χ0v) is 10.7. The van der Waals surface area contributed by atoms with Gasteiger partial charge < -0.3 is 9.84 Å². The van der Waals surface area contributed by atoms with Crippen LogP contribution in [-0.2, 0) is 6.61 Å². The molecule has 0 aliphatic heterocycles. The maximum atomic E-state index is 9.19. The summed E-state index contributed by atoms with van der Waals surface area (Å²) in [6, 6.07) is 14.6. The summed E-state index contributed by atoms with van der Waals surface area (Å²) in [5.74, 6) is 0.956. The van der Waals surface area contributed by atoms with E-state index in [0.29, 0.717) is 6.61 Å². The number of hydrogen-bond acceptors (Lipinski definition) is 4. The summed E-state index contributed by atoms with van der Waals surface area (Å²) in [5.41, 5.74) is 2.01. The lowest BCUT2D eigenvalue weighted by Crippen LogP contribution is -1.97. The van der Waals surface area contributed by atoms with E-state index in [9.17, 15) is 5.11 Å². The van der Waals surface area contributed by atoms with Gasteiger partial charge in [0.05, 0.1) is 5.69 Å². The minimum atomic E-state index is 0.231. The third kappa shape index (κ3) is 2.77. The van der Waals surface area contributed by atoms with Crippen molar-refractivity contribution in [3.63, 3.8) is 0 Å². The van der Waals surface area contributed by atoms with Crippen LogP contribution in [0.4, 0.5) is 0 Å². The number of phenols is 1. The summed E-state index contributed by atoms with van der Waals surface area (Å²) >= 11 is 0. The largest absolute Gasteiger partial charge is 0.508 e. The van der Waals surface area contributed by atoms with Gasteiger partial charge in [-0.05, 0) is 42.0 Å². The van der Waals surface area contributed by atoms with Crippen molar-refractivity contribution in [1.82, 2.24) is 14.8 Å². The van der Waals surface area contributed by atoms with Crippen molar-refractivity contribution in [2.75, 3.05) is 0 Å². The molecule has 2 aromatic carbocycles. The molecule has 1 heterocycles. The zero-order chi connectivity index (χ0) is 13.8. The van der Waals surface area contributed by atoms with Crippen molar-refractivity contribution in [2.24, 2.45) is 0 Å². The number of phenolic OH excluding ortho intramolecular Hbond substituents is 1. The first-order chi connectivity index (χ1) is 9.81. The first-order valence-corrected chi connectivity index (χ1v) is 6.17. The number of ether oxygens (including phenoxy) is 1. The molecular weight excluding hydrogens is 254 g/mol. The van der Waals surface area contributed by atoms with Crippen LogP contribution < -0.4 is 4.74 Å². The van der Waals surface area contributed by atoms with E-state index in [1.165, 1.54) is 6.33 Å². The van der Waals surface area contributed by atoms with Crippen LogP contribution in [0.5, 0.6) is 11.5 Å². The highest BCUT2D eigenvalue weighted by Crippen LogP contribution is 2.17. The van der Waals surface area contributed by atoms with Gasteiger partial charge in [0.25, 0.3) is 0 Å². The Bertz CT molecular complexity index is 661. The van der Waals surface area contributed by atoms with Gasteiger partial charge in [-0.1, -0.05) is 12.1 Å². The molecular formula is C15H13N3O2. The van der Waals surface area contributed by atoms with Gasteiger partial charge in [0.15, 0.2) is 0 Å². The monoisotopic (exact) mass is 267 g/mol. The maximum absolute atomic E-state index is 9.19. The van der Waals surface area contributed by atoms with Crippen LogP contribution in [0, 0.1) is 0 Å². The predicted molar refractivity (Wildman–Crippen MR) is 73.8 cm³/mol. The first kappa shape index (κ1) is 12.2. The highest BCUT2D eigenvalue weighted by molar-refractivity contribution is 5.34. The van der Waals surface area contributed by atoms with E-state index in [4.69, 9.17) is 4.74 Å². The van der Waals surface area contributed by atoms with E-state index in [-0.39, 0.29) is 5.75 Å². The summed E-state index contributed by atoms with van der Waals surface area (Å²) < 4.78 is 7.33. The second kappa shape index (κ2) is 5.44. The van der Waals surface area contributed by atoms with Gasteiger partial charge in [-0.2, -0.15) is 5.10 Å². The molecule has 0 spiro atoms. The molecule has 0 aliphatic rings. The number of aromatic nitrogens is 3. The molecule has 1 N–H and O–H groups in total. The second-order valence-corrected chi connectivity index (χ2v) is 4.29. The molecule has 5 nitrogen and oxygen atoms in total. The lowest BCUT2D eigenvalue weighted by molar-refractivity contribution is 0.305. The van der Waals surface area contributed by atoms with Crippen molar-refractivity contribution in [3.05, 3.63) is 66.7 Å². The van der Waals surface area contributed by atoms with Crippen LogP contribution in [0.3, 0.4) is 0 Å². The summed E-state index contributed by atoms with van der Waals surface area (Å²) in [5, 5.41) is 13.3. The molecule has 0 radical (unpaired) electrons. The molecule has 5 heteroatoms. The van der Waals surface area contributed by atoms with Gasteiger partial charge in [0, 0.05) is 0 Å². The maximum Gasteiger partial charge on any atom is 0.138 e. The average molecular weight is 267 g/mol. The molecule has 0 bridgehead atoms. The molecule has 3 rings (SSSR count). The van der Waals surface area contributed by atoms with Crippen LogP contribution >= 0.6 is 0 Å². The number of aromatic hydroxyl groups is 1. The van der Waals surface area contributed by atoms with Crippen LogP contribution in [0.1, 0.15) is 5.56 Å². The molecule has 0 aliphatic carbocycles. The Morgan fingerprint density at radius 2 is 1.75 bits per heavy atom. The van der Waals surface area contributed by atoms with Crippen LogP contribution in [0.25, 0.3) is 5.69 Å². The molecule has 1 aromatic heterocycles. The number of nitrogens with zero attached hydrogens (tertiary/aromatic N) is 3. The topological polar surface area (TPSA) is 60.2 Å². The SMILES string of the molecule is Oc1ccc(OCc2ccc(-n3cncn3)cc2)cc1. The van der Waals surface area contributed by atoms with Crippen molar-refractivity contribution in [2.45, 2.75) is 6.61 Å². The smallest absolute Gasteiger partial charge is 0.138 e. The minimum Gasteiger partial charge on any atom is -0.508 e. The van der Waals surface area contributed by atoms with E-state index in [1.54, 1.807) is 35.3 Å². The molecule has 0 amide bonds. The normalized spacial score (nSPS) is 10.4. The van der Waals surface area contributed by atoms with Crippen molar-refractivity contribution >= 4 is 0 Å². The molecule has 0 atom stereocenters. The van der Waals surface area contributed by atoms with E-state index in [0.717, 1.165) is 17.0 Å². The van der Waals surface area contributed by atoms with Gasteiger partial charge >= 0.3 is 0 Å². The van der Waals surface area contributed by atoms with E-state index < -0.39 is 0 Å². The van der Waals surface area contributed by atoms with Gasteiger partial charge in [0.1, 0.15) is 30.8 Å². The summed E-state index contributed by atoms with van der Waals surface area (Å²) in [7, 11) is 0. The molecule has 0 saturated carbocycles.